The normalized spacial score (nSPS) is 12.1. The summed E-state index contributed by atoms with van der Waals surface area (Å²) >= 11 is 0. The summed E-state index contributed by atoms with van der Waals surface area (Å²) in [4.78, 5) is 22.9. The number of carboxylic acids is 1. The summed E-state index contributed by atoms with van der Waals surface area (Å²) in [6.07, 6.45) is 0. The van der Waals surface area contributed by atoms with Crippen LogP contribution in [-0.2, 0) is 11.3 Å². The number of urea groups is 1. The lowest BCUT2D eigenvalue weighted by atomic mass is 9.87. The van der Waals surface area contributed by atoms with Crippen LogP contribution >= 0.6 is 0 Å². The van der Waals surface area contributed by atoms with Crippen molar-refractivity contribution in [3.8, 4) is 6.07 Å². The smallest absolute Gasteiger partial charge is 0.326 e. The predicted octanol–water partition coefficient (Wildman–Crippen LogP) is 1.86. The molecule has 0 aliphatic rings. The third-order valence-corrected chi connectivity index (χ3v) is 2.90. The average Bonchev–Trinajstić information content (AvgIpc) is 2.41. The first-order chi connectivity index (χ1) is 9.74. The van der Waals surface area contributed by atoms with Gasteiger partial charge in [0.2, 0.25) is 0 Å². The van der Waals surface area contributed by atoms with Crippen LogP contribution in [0.5, 0.6) is 0 Å². The number of amides is 2. The molecule has 2 amide bonds. The number of nitrogens with zero attached hydrogens (tertiary/aromatic N) is 1. The van der Waals surface area contributed by atoms with E-state index in [9.17, 15) is 9.59 Å². The van der Waals surface area contributed by atoms with E-state index in [4.69, 9.17) is 10.4 Å². The Kier molecular flexibility index (Phi) is 5.30. The molecule has 0 heterocycles. The molecule has 0 aliphatic heterocycles. The molecule has 1 atom stereocenters. The molecule has 0 spiro atoms. The minimum atomic E-state index is -1.08. The fourth-order valence-corrected chi connectivity index (χ4v) is 1.76. The van der Waals surface area contributed by atoms with E-state index in [2.05, 4.69) is 10.6 Å². The van der Waals surface area contributed by atoms with Gasteiger partial charge in [-0.2, -0.15) is 5.26 Å². The van der Waals surface area contributed by atoms with Gasteiger partial charge in [-0.15, -0.1) is 0 Å². The summed E-state index contributed by atoms with van der Waals surface area (Å²) in [5.41, 5.74) is 0.684. The van der Waals surface area contributed by atoms with Gasteiger partial charge in [0.05, 0.1) is 11.6 Å². The Morgan fingerprint density at radius 3 is 2.57 bits per heavy atom. The highest BCUT2D eigenvalue weighted by molar-refractivity contribution is 5.83. The Hall–Kier alpha value is -2.55. The predicted molar refractivity (Wildman–Crippen MR) is 77.4 cm³/mol. The van der Waals surface area contributed by atoms with Crippen LogP contribution in [0.3, 0.4) is 0 Å². The van der Waals surface area contributed by atoms with Crippen molar-refractivity contribution in [2.75, 3.05) is 0 Å². The number of rotatable bonds is 4. The van der Waals surface area contributed by atoms with Gasteiger partial charge >= 0.3 is 12.0 Å². The summed E-state index contributed by atoms with van der Waals surface area (Å²) < 4.78 is 0. The molecule has 0 unspecified atom stereocenters. The molecule has 0 aliphatic carbocycles. The van der Waals surface area contributed by atoms with E-state index >= 15 is 0 Å². The van der Waals surface area contributed by atoms with Gasteiger partial charge in [0.25, 0.3) is 0 Å². The van der Waals surface area contributed by atoms with Gasteiger partial charge in [0.15, 0.2) is 0 Å². The summed E-state index contributed by atoms with van der Waals surface area (Å²) in [6.45, 7) is 5.44. The van der Waals surface area contributed by atoms with Crippen LogP contribution in [-0.4, -0.2) is 23.1 Å². The first kappa shape index (κ1) is 16.5. The van der Waals surface area contributed by atoms with Crippen LogP contribution in [0.4, 0.5) is 4.79 Å². The van der Waals surface area contributed by atoms with Gasteiger partial charge in [-0.05, 0) is 23.1 Å². The van der Waals surface area contributed by atoms with Gasteiger partial charge in [-0.1, -0.05) is 32.9 Å². The lowest BCUT2D eigenvalue weighted by Gasteiger charge is -2.27. The zero-order valence-corrected chi connectivity index (χ0v) is 12.3. The molecule has 1 aromatic rings. The van der Waals surface area contributed by atoms with Crippen LogP contribution < -0.4 is 10.6 Å². The Labute approximate surface area is 123 Å². The first-order valence-electron chi connectivity index (χ1n) is 6.50. The second-order valence-corrected chi connectivity index (χ2v) is 5.78. The minimum absolute atomic E-state index is 0.220. The second kappa shape index (κ2) is 6.75. The Balaban J connectivity index is 2.61. The molecular formula is C15H19N3O3. The van der Waals surface area contributed by atoms with E-state index in [1.807, 2.05) is 6.07 Å². The number of aliphatic carboxylic acids is 1. The Bertz CT molecular complexity index is 570. The minimum Gasteiger partial charge on any atom is -0.480 e. The summed E-state index contributed by atoms with van der Waals surface area (Å²) in [5, 5.41) is 23.0. The number of hydrogen-bond donors (Lipinski definition) is 3. The lowest BCUT2D eigenvalue weighted by molar-refractivity contribution is -0.141. The number of benzene rings is 1. The summed E-state index contributed by atoms with van der Waals surface area (Å²) in [7, 11) is 0. The van der Waals surface area contributed by atoms with Gasteiger partial charge in [0, 0.05) is 6.54 Å². The van der Waals surface area contributed by atoms with E-state index in [-0.39, 0.29) is 6.54 Å². The van der Waals surface area contributed by atoms with Crippen LogP contribution in [0.25, 0.3) is 0 Å². The quantitative estimate of drug-likeness (QED) is 0.787. The zero-order valence-electron chi connectivity index (χ0n) is 12.3. The molecular weight excluding hydrogens is 270 g/mol. The number of nitrogens with one attached hydrogen (secondary N) is 2. The second-order valence-electron chi connectivity index (χ2n) is 5.78. The Morgan fingerprint density at radius 2 is 2.05 bits per heavy atom. The molecule has 0 saturated carbocycles. The molecule has 6 nitrogen and oxygen atoms in total. The number of carbonyl (C=O) groups is 2. The standard InChI is InChI=1S/C15H19N3O3/c1-15(2,3)12(13(19)20)18-14(21)17-9-11-6-4-5-10(7-11)8-16/h4-7,12H,9H2,1-3H3,(H,19,20)(H2,17,18,21)/t12-/m1/s1. The van der Waals surface area contributed by atoms with Crippen LogP contribution in [0.2, 0.25) is 0 Å². The molecule has 0 saturated heterocycles. The first-order valence-corrected chi connectivity index (χ1v) is 6.50. The van der Waals surface area contributed by atoms with Crippen molar-refractivity contribution < 1.29 is 14.7 Å². The maximum Gasteiger partial charge on any atom is 0.326 e. The van der Waals surface area contributed by atoms with Crippen molar-refractivity contribution in [3.63, 3.8) is 0 Å². The number of carboxylic acid groups (broad SMARTS) is 1. The molecule has 21 heavy (non-hydrogen) atoms. The van der Waals surface area contributed by atoms with Crippen molar-refractivity contribution in [3.05, 3.63) is 35.4 Å². The van der Waals surface area contributed by atoms with E-state index in [1.165, 1.54) is 0 Å². The van der Waals surface area contributed by atoms with Crippen LogP contribution in [0.15, 0.2) is 24.3 Å². The van der Waals surface area contributed by atoms with Crippen LogP contribution in [0.1, 0.15) is 31.9 Å². The van der Waals surface area contributed by atoms with Gasteiger partial charge in [0.1, 0.15) is 6.04 Å². The average molecular weight is 289 g/mol. The maximum absolute atomic E-state index is 11.8. The van der Waals surface area contributed by atoms with E-state index in [1.54, 1.807) is 45.0 Å². The van der Waals surface area contributed by atoms with Gasteiger partial charge in [-0.25, -0.2) is 9.59 Å². The molecule has 0 fully saturated rings. The topological polar surface area (TPSA) is 102 Å². The summed E-state index contributed by atoms with van der Waals surface area (Å²) in [6, 6.07) is 7.31. The van der Waals surface area contributed by atoms with Crippen molar-refractivity contribution >= 4 is 12.0 Å². The van der Waals surface area contributed by atoms with E-state index in [0.29, 0.717) is 5.56 Å². The Morgan fingerprint density at radius 1 is 1.38 bits per heavy atom. The molecule has 3 N–H and O–H groups in total. The largest absolute Gasteiger partial charge is 0.480 e. The third kappa shape index (κ3) is 5.15. The fraction of sp³-hybridized carbons (Fsp3) is 0.400. The lowest BCUT2D eigenvalue weighted by Crippen LogP contribution is -2.52. The van der Waals surface area contributed by atoms with Crippen molar-refractivity contribution in [2.24, 2.45) is 5.41 Å². The van der Waals surface area contributed by atoms with Crippen LogP contribution in [0, 0.1) is 16.7 Å². The zero-order chi connectivity index (χ0) is 16.0. The fourth-order valence-electron chi connectivity index (χ4n) is 1.76. The van der Waals surface area contributed by atoms with Gasteiger partial charge in [-0.3, -0.25) is 0 Å². The molecule has 0 aromatic heterocycles. The van der Waals surface area contributed by atoms with Crippen molar-refractivity contribution in [1.29, 1.82) is 5.26 Å². The molecule has 112 valence electrons. The molecule has 0 radical (unpaired) electrons. The number of carbonyl (C=O) groups excluding carboxylic acids is 1. The molecule has 1 aromatic carbocycles. The number of hydrogen-bond acceptors (Lipinski definition) is 3. The highest BCUT2D eigenvalue weighted by Crippen LogP contribution is 2.19. The molecule has 6 heteroatoms. The van der Waals surface area contributed by atoms with Crippen molar-refractivity contribution in [1.82, 2.24) is 10.6 Å². The van der Waals surface area contributed by atoms with Crippen molar-refractivity contribution in [2.45, 2.75) is 33.4 Å². The van der Waals surface area contributed by atoms with E-state index < -0.39 is 23.5 Å². The molecule has 1 rings (SSSR count). The monoisotopic (exact) mass is 289 g/mol. The summed E-state index contributed by atoms with van der Waals surface area (Å²) in [5.74, 6) is -1.08. The highest BCUT2D eigenvalue weighted by atomic mass is 16.4. The van der Waals surface area contributed by atoms with E-state index in [0.717, 1.165) is 5.56 Å². The SMILES string of the molecule is CC(C)(C)[C@H](NC(=O)NCc1cccc(C#N)c1)C(=O)O. The maximum atomic E-state index is 11.8. The highest BCUT2D eigenvalue weighted by Gasteiger charge is 2.32. The number of nitriles is 1. The third-order valence-electron chi connectivity index (χ3n) is 2.90. The van der Waals surface area contributed by atoms with Gasteiger partial charge < -0.3 is 15.7 Å². The molecule has 0 bridgehead atoms.